The van der Waals surface area contributed by atoms with E-state index < -0.39 is 0 Å². The molecule has 0 spiro atoms. The summed E-state index contributed by atoms with van der Waals surface area (Å²) in [6, 6.07) is 3.56. The molecular formula is C2N2Se+. The zero-order valence-electron chi connectivity index (χ0n) is 2.30. The van der Waals surface area contributed by atoms with Crippen molar-refractivity contribution in [1.29, 1.82) is 5.26 Å². The number of nitriles is 1. The molecule has 5 heavy (non-hydrogen) atoms. The first-order valence-corrected chi connectivity index (χ1v) is 1.65. The third kappa shape index (κ3) is 3.50. The molecule has 0 N–H and O–H groups in total. The fourth-order valence-electron chi connectivity index (χ4n) is 0.0204. The Balaban J connectivity index is 3.30. The first-order chi connectivity index (χ1) is 2.41. The van der Waals surface area contributed by atoms with Crippen molar-refractivity contribution in [1.82, 2.24) is 0 Å². The molecule has 0 amide bonds. The molecule has 0 fully saturated rings. The predicted molar refractivity (Wildman–Crippen MR) is 18.6 cm³/mol. The van der Waals surface area contributed by atoms with Gasteiger partial charge in [0.1, 0.15) is 0 Å². The van der Waals surface area contributed by atoms with Crippen LogP contribution >= 0.6 is 0 Å². The van der Waals surface area contributed by atoms with Crippen LogP contribution in [0.15, 0.2) is 0 Å². The van der Waals surface area contributed by atoms with Crippen LogP contribution in [-0.2, 0) is 0 Å². The van der Waals surface area contributed by atoms with Gasteiger partial charge in [0.25, 0.3) is 0 Å². The number of hydrogen-bond acceptors (Lipinski definition) is 1. The quantitative estimate of drug-likeness (QED) is 0.423. The molecule has 0 aromatic carbocycles. The van der Waals surface area contributed by atoms with E-state index in [1.165, 1.54) is 0 Å². The van der Waals surface area contributed by atoms with Crippen molar-refractivity contribution >= 4 is 16.2 Å². The van der Waals surface area contributed by atoms with E-state index >= 15 is 0 Å². The van der Waals surface area contributed by atoms with E-state index in [2.05, 4.69) is 20.1 Å². The van der Waals surface area contributed by atoms with Gasteiger partial charge in [-0.15, -0.1) is 0 Å². The van der Waals surface area contributed by atoms with Crippen molar-refractivity contribution in [3.05, 3.63) is 3.86 Å². The summed E-state index contributed by atoms with van der Waals surface area (Å²) in [6.45, 7) is 0. The molecule has 1 radical (unpaired) electrons. The normalized spacial score (nSPS) is 3.00. The number of nitrogens with zero attached hydrogens (tertiary/aromatic N) is 2. The van der Waals surface area contributed by atoms with Crippen molar-refractivity contribution in [2.24, 2.45) is 0 Å². The molecule has 0 aliphatic heterocycles. The van der Waals surface area contributed by atoms with Crippen LogP contribution < -0.4 is 0 Å². The van der Waals surface area contributed by atoms with E-state index in [1.807, 2.05) is 6.07 Å². The molecular weight excluding hydrogens is 131 g/mol. The van der Waals surface area contributed by atoms with Gasteiger partial charge < -0.3 is 0 Å². The standard InChI is InChI=1S/C2N2Se/c3-1-2-4-5/q+1. The van der Waals surface area contributed by atoms with Crippen LogP contribution in [0.4, 0.5) is 0 Å². The molecule has 3 heteroatoms. The summed E-state index contributed by atoms with van der Waals surface area (Å²) in [5, 5.41) is 7.59. The molecule has 0 aliphatic rings. The molecule has 0 saturated heterocycles. The predicted octanol–water partition coefficient (Wildman–Crippen LogP) is -0.0736. The van der Waals surface area contributed by atoms with Gasteiger partial charge in [-0.1, -0.05) is 0 Å². The summed E-state index contributed by atoms with van der Waals surface area (Å²) in [7, 11) is 0. The van der Waals surface area contributed by atoms with Crippen molar-refractivity contribution in [3.63, 3.8) is 0 Å². The summed E-state index contributed by atoms with van der Waals surface area (Å²) in [5.41, 5.74) is 0. The Bertz CT molecular complexity index is 101. The van der Waals surface area contributed by atoms with Gasteiger partial charge in [-0.05, 0) is 0 Å². The van der Waals surface area contributed by atoms with Crippen LogP contribution in [0.3, 0.4) is 0 Å². The van der Waals surface area contributed by atoms with Crippen LogP contribution in [0.25, 0.3) is 3.86 Å². The maximum absolute atomic E-state index is 7.59. The summed E-state index contributed by atoms with van der Waals surface area (Å²) in [5.74, 6) is 0. The minimum absolute atomic E-state index is 1.57. The molecule has 0 atom stereocenters. The van der Waals surface area contributed by atoms with Crippen LogP contribution in [-0.4, -0.2) is 16.2 Å². The molecule has 23 valence electrons. The topological polar surface area (TPSA) is 28.1 Å². The van der Waals surface area contributed by atoms with Crippen molar-refractivity contribution in [2.75, 3.05) is 0 Å². The molecule has 0 aromatic rings. The number of hydrogen-bond donors (Lipinski definition) is 0. The van der Waals surface area contributed by atoms with E-state index in [1.54, 1.807) is 6.07 Å². The monoisotopic (exact) mass is 132 g/mol. The SMILES string of the molecule is N#CC#[N+][Se]. The van der Waals surface area contributed by atoms with Gasteiger partial charge in [-0.2, -0.15) is 0 Å². The van der Waals surface area contributed by atoms with Crippen molar-refractivity contribution in [2.45, 2.75) is 0 Å². The zero-order valence-corrected chi connectivity index (χ0v) is 4.02. The Morgan fingerprint density at radius 3 is 2.40 bits per heavy atom. The summed E-state index contributed by atoms with van der Waals surface area (Å²) < 4.78 is 3.12. The molecule has 0 heterocycles. The maximum atomic E-state index is 7.59. The van der Waals surface area contributed by atoms with E-state index in [9.17, 15) is 0 Å². The first kappa shape index (κ1) is 4.50. The molecule has 0 saturated carbocycles. The zero-order chi connectivity index (χ0) is 4.12. The average Bonchev–Trinajstić information content (AvgIpc) is 1.41. The minimum atomic E-state index is 1.57. The van der Waals surface area contributed by atoms with Gasteiger partial charge in [-0.25, -0.2) is 0 Å². The van der Waals surface area contributed by atoms with Crippen molar-refractivity contribution < 1.29 is 0 Å². The van der Waals surface area contributed by atoms with Gasteiger partial charge in [-0.3, -0.25) is 0 Å². The van der Waals surface area contributed by atoms with Crippen LogP contribution in [0.1, 0.15) is 0 Å². The molecule has 0 aromatic heterocycles. The van der Waals surface area contributed by atoms with E-state index in [-0.39, 0.29) is 0 Å². The Morgan fingerprint density at radius 2 is 2.40 bits per heavy atom. The molecule has 2 nitrogen and oxygen atoms in total. The summed E-state index contributed by atoms with van der Waals surface area (Å²) in [6.07, 6.45) is 0. The Morgan fingerprint density at radius 1 is 1.80 bits per heavy atom. The number of rotatable bonds is 0. The summed E-state index contributed by atoms with van der Waals surface area (Å²) >= 11 is 2.24. The Labute approximate surface area is 38.2 Å². The van der Waals surface area contributed by atoms with Crippen LogP contribution in [0, 0.1) is 17.4 Å². The van der Waals surface area contributed by atoms with E-state index in [0.29, 0.717) is 0 Å². The Kier molecular flexibility index (Phi) is 3.15. The first-order valence-electron chi connectivity index (χ1n) is 0.880. The summed E-state index contributed by atoms with van der Waals surface area (Å²) in [4.78, 5) is 0. The molecule has 0 bridgehead atoms. The average molecular weight is 131 g/mol. The fourth-order valence-corrected chi connectivity index (χ4v) is 0.106. The second-order valence-electron chi connectivity index (χ2n) is 0.315. The van der Waals surface area contributed by atoms with Crippen molar-refractivity contribution in [3.8, 4) is 12.1 Å². The van der Waals surface area contributed by atoms with Gasteiger partial charge in [0.15, 0.2) is 0 Å². The third-order valence-electron chi connectivity index (χ3n) is 0.0956. The third-order valence-corrected chi connectivity index (χ3v) is 0.287. The molecule has 0 aliphatic carbocycles. The van der Waals surface area contributed by atoms with Crippen LogP contribution in [0.5, 0.6) is 0 Å². The van der Waals surface area contributed by atoms with E-state index in [0.717, 1.165) is 0 Å². The van der Waals surface area contributed by atoms with Gasteiger partial charge in [0, 0.05) is 0 Å². The van der Waals surface area contributed by atoms with Gasteiger partial charge >= 0.3 is 37.5 Å². The van der Waals surface area contributed by atoms with Crippen LogP contribution in [0.2, 0.25) is 0 Å². The Hall–Kier alpha value is -0.501. The second kappa shape index (κ2) is 3.50. The fraction of sp³-hybridized carbons (Fsp3) is 0. The molecule has 0 rings (SSSR count). The van der Waals surface area contributed by atoms with E-state index in [4.69, 9.17) is 5.26 Å². The van der Waals surface area contributed by atoms with Gasteiger partial charge in [0.05, 0.1) is 0 Å². The molecule has 0 unspecified atom stereocenters. The second-order valence-corrected chi connectivity index (χ2v) is 0.698. The van der Waals surface area contributed by atoms with Gasteiger partial charge in [0.2, 0.25) is 0 Å².